The summed E-state index contributed by atoms with van der Waals surface area (Å²) in [6, 6.07) is 20.1. The number of hydrogen-bond donors (Lipinski definition) is 0. The van der Waals surface area contributed by atoms with Gasteiger partial charge in [-0.15, -0.1) is 0 Å². The lowest BCUT2D eigenvalue weighted by Gasteiger charge is -2.13. The van der Waals surface area contributed by atoms with Crippen LogP contribution >= 0.6 is 50.9 Å². The molecule has 0 aromatic heterocycles. The number of amides is 2. The Hall–Kier alpha value is -2.25. The molecule has 1 aliphatic heterocycles. The summed E-state index contributed by atoms with van der Waals surface area (Å²) >= 11 is 16.5. The fraction of sp³-hybridized carbons (Fsp3) is 0.0833. The minimum absolute atomic E-state index is 0.217. The lowest BCUT2D eigenvalue weighted by molar-refractivity contribution is -0.123. The Kier molecular flexibility index (Phi) is 7.26. The number of rotatable bonds is 6. The first-order chi connectivity index (χ1) is 15.4. The zero-order valence-electron chi connectivity index (χ0n) is 16.6. The molecule has 1 fully saturated rings. The molecule has 0 radical (unpaired) electrons. The van der Waals surface area contributed by atoms with Crippen LogP contribution in [0.15, 0.2) is 76.1 Å². The van der Waals surface area contributed by atoms with E-state index in [1.807, 2.05) is 54.6 Å². The molecule has 0 atom stereocenters. The number of halogens is 3. The van der Waals surface area contributed by atoms with Gasteiger partial charge in [-0.1, -0.05) is 75.5 Å². The van der Waals surface area contributed by atoms with Crippen LogP contribution in [0.25, 0.3) is 6.08 Å². The maximum Gasteiger partial charge on any atom is 0.293 e. The van der Waals surface area contributed by atoms with Crippen molar-refractivity contribution >= 4 is 68.1 Å². The second-order valence-electron chi connectivity index (χ2n) is 6.96. The summed E-state index contributed by atoms with van der Waals surface area (Å²) in [5.74, 6) is 0.312. The third kappa shape index (κ3) is 5.38. The fourth-order valence-corrected chi connectivity index (χ4v) is 4.79. The fourth-order valence-electron chi connectivity index (χ4n) is 3.08. The molecule has 4 nitrogen and oxygen atoms in total. The summed E-state index contributed by atoms with van der Waals surface area (Å²) in [6.45, 7) is 0.496. The van der Waals surface area contributed by atoms with Crippen LogP contribution in [-0.2, 0) is 17.9 Å². The molecule has 0 aliphatic carbocycles. The minimum atomic E-state index is -0.310. The van der Waals surface area contributed by atoms with Crippen LogP contribution in [0.3, 0.4) is 0 Å². The molecule has 1 aliphatic rings. The van der Waals surface area contributed by atoms with E-state index in [4.69, 9.17) is 27.9 Å². The summed E-state index contributed by atoms with van der Waals surface area (Å²) in [5.41, 5.74) is 2.44. The van der Waals surface area contributed by atoms with E-state index in [2.05, 4.69) is 15.9 Å². The average molecular weight is 549 g/mol. The zero-order chi connectivity index (χ0) is 22.7. The van der Waals surface area contributed by atoms with E-state index in [9.17, 15) is 9.59 Å². The third-order valence-electron chi connectivity index (χ3n) is 4.73. The summed E-state index contributed by atoms with van der Waals surface area (Å²) in [6.07, 6.45) is 1.70. The Morgan fingerprint density at radius 3 is 2.56 bits per heavy atom. The number of ether oxygens (including phenoxy) is 1. The van der Waals surface area contributed by atoms with Crippen molar-refractivity contribution in [1.82, 2.24) is 4.90 Å². The quantitative estimate of drug-likeness (QED) is 0.298. The lowest BCUT2D eigenvalue weighted by Crippen LogP contribution is -2.27. The minimum Gasteiger partial charge on any atom is -0.489 e. The normalized spacial score (nSPS) is 15.0. The van der Waals surface area contributed by atoms with Crippen LogP contribution in [0.1, 0.15) is 16.7 Å². The number of nitrogens with zero attached hydrogens (tertiary/aromatic N) is 1. The van der Waals surface area contributed by atoms with Gasteiger partial charge in [0.2, 0.25) is 0 Å². The standard InChI is InChI=1S/C24H16BrCl2NO3S/c25-20-7-2-1-5-16(20)13-28-23(29)22(32-24(28)30)11-15-4-3-6-19(10-15)31-14-17-8-9-18(26)12-21(17)27/h1-12H,13-14H2/b22-11+. The molecular weight excluding hydrogens is 533 g/mol. The van der Waals surface area contributed by atoms with E-state index in [-0.39, 0.29) is 24.3 Å². The molecule has 0 saturated carbocycles. The van der Waals surface area contributed by atoms with Crippen LogP contribution in [0.5, 0.6) is 5.75 Å². The maximum atomic E-state index is 12.8. The van der Waals surface area contributed by atoms with Crippen molar-refractivity contribution in [2.75, 3.05) is 0 Å². The van der Waals surface area contributed by atoms with Crippen molar-refractivity contribution in [2.45, 2.75) is 13.2 Å². The van der Waals surface area contributed by atoms with Gasteiger partial charge in [0.15, 0.2) is 0 Å². The van der Waals surface area contributed by atoms with Gasteiger partial charge in [0.25, 0.3) is 11.1 Å². The van der Waals surface area contributed by atoms with Gasteiger partial charge in [-0.3, -0.25) is 14.5 Å². The topological polar surface area (TPSA) is 46.6 Å². The van der Waals surface area contributed by atoms with Crippen LogP contribution in [-0.4, -0.2) is 16.0 Å². The van der Waals surface area contributed by atoms with Crippen molar-refractivity contribution < 1.29 is 14.3 Å². The lowest BCUT2D eigenvalue weighted by atomic mass is 10.2. The molecule has 0 N–H and O–H groups in total. The van der Waals surface area contributed by atoms with Gasteiger partial charge in [0.1, 0.15) is 12.4 Å². The second kappa shape index (κ2) is 10.1. The number of benzene rings is 3. The van der Waals surface area contributed by atoms with Gasteiger partial charge in [-0.25, -0.2) is 0 Å². The number of carbonyl (C=O) groups excluding carboxylic acids is 2. The van der Waals surface area contributed by atoms with Crippen molar-refractivity contribution in [2.24, 2.45) is 0 Å². The van der Waals surface area contributed by atoms with E-state index in [1.54, 1.807) is 18.2 Å². The van der Waals surface area contributed by atoms with E-state index in [1.165, 1.54) is 4.90 Å². The predicted octanol–water partition coefficient (Wildman–Crippen LogP) is 7.57. The van der Waals surface area contributed by atoms with E-state index < -0.39 is 0 Å². The van der Waals surface area contributed by atoms with Crippen LogP contribution in [0.4, 0.5) is 4.79 Å². The predicted molar refractivity (Wildman–Crippen MR) is 133 cm³/mol. The molecule has 8 heteroatoms. The molecule has 1 heterocycles. The molecular formula is C24H16BrCl2NO3S. The largest absolute Gasteiger partial charge is 0.489 e. The molecule has 3 aromatic carbocycles. The van der Waals surface area contributed by atoms with Gasteiger partial charge in [0.05, 0.1) is 11.4 Å². The second-order valence-corrected chi connectivity index (χ2v) is 9.65. The Morgan fingerprint density at radius 2 is 1.78 bits per heavy atom. The highest BCUT2D eigenvalue weighted by Crippen LogP contribution is 2.34. The summed E-state index contributed by atoms with van der Waals surface area (Å²) in [7, 11) is 0. The Labute approximate surface area is 208 Å². The highest BCUT2D eigenvalue weighted by molar-refractivity contribution is 9.10. The van der Waals surface area contributed by atoms with Gasteiger partial charge in [0, 0.05) is 20.1 Å². The van der Waals surface area contributed by atoms with E-state index in [0.717, 1.165) is 32.9 Å². The summed E-state index contributed by atoms with van der Waals surface area (Å²) < 4.78 is 6.70. The summed E-state index contributed by atoms with van der Waals surface area (Å²) in [5, 5.41) is 0.809. The molecule has 2 amide bonds. The first-order valence-corrected chi connectivity index (χ1v) is 11.9. The van der Waals surface area contributed by atoms with Gasteiger partial charge in [-0.2, -0.15) is 0 Å². The maximum absolute atomic E-state index is 12.8. The Bertz CT molecular complexity index is 1230. The monoisotopic (exact) mass is 547 g/mol. The number of hydrogen-bond acceptors (Lipinski definition) is 4. The van der Waals surface area contributed by atoms with Crippen molar-refractivity contribution in [3.63, 3.8) is 0 Å². The first-order valence-electron chi connectivity index (χ1n) is 9.56. The SMILES string of the molecule is O=C1S/C(=C/c2cccc(OCc3ccc(Cl)cc3Cl)c2)C(=O)N1Cc1ccccc1Br. The summed E-state index contributed by atoms with van der Waals surface area (Å²) in [4.78, 5) is 26.9. The van der Waals surface area contributed by atoms with Gasteiger partial charge in [-0.05, 0) is 59.3 Å². The molecule has 3 aromatic rings. The Morgan fingerprint density at radius 1 is 0.969 bits per heavy atom. The average Bonchev–Trinajstić information content (AvgIpc) is 3.02. The molecule has 0 bridgehead atoms. The van der Waals surface area contributed by atoms with Gasteiger partial charge < -0.3 is 4.74 Å². The molecule has 1 saturated heterocycles. The molecule has 32 heavy (non-hydrogen) atoms. The van der Waals surface area contributed by atoms with E-state index in [0.29, 0.717) is 20.7 Å². The van der Waals surface area contributed by atoms with Crippen LogP contribution < -0.4 is 4.74 Å². The van der Waals surface area contributed by atoms with Crippen molar-refractivity contribution in [3.8, 4) is 5.75 Å². The zero-order valence-corrected chi connectivity index (χ0v) is 20.5. The van der Waals surface area contributed by atoms with E-state index >= 15 is 0 Å². The highest BCUT2D eigenvalue weighted by Gasteiger charge is 2.35. The van der Waals surface area contributed by atoms with Gasteiger partial charge >= 0.3 is 0 Å². The van der Waals surface area contributed by atoms with Crippen LogP contribution in [0.2, 0.25) is 10.0 Å². The molecule has 162 valence electrons. The molecule has 0 spiro atoms. The number of imide groups is 1. The van der Waals surface area contributed by atoms with Crippen molar-refractivity contribution in [3.05, 3.63) is 103 Å². The molecule has 0 unspecified atom stereocenters. The number of thioether (sulfide) groups is 1. The Balaban J connectivity index is 1.47. The first kappa shape index (κ1) is 22.9. The highest BCUT2D eigenvalue weighted by atomic mass is 79.9. The van der Waals surface area contributed by atoms with Crippen molar-refractivity contribution in [1.29, 1.82) is 0 Å². The smallest absolute Gasteiger partial charge is 0.293 e. The van der Waals surface area contributed by atoms with Crippen LogP contribution in [0, 0.1) is 0 Å². The molecule has 4 rings (SSSR count). The number of carbonyl (C=O) groups is 2. The third-order valence-corrected chi connectivity index (χ3v) is 6.99.